The van der Waals surface area contributed by atoms with Crippen LogP contribution in [0.2, 0.25) is 0 Å². The molecule has 0 fully saturated rings. The van der Waals surface area contributed by atoms with Gasteiger partial charge < -0.3 is 25.1 Å². The maximum absolute atomic E-state index is 10.9. The Bertz CT molecular complexity index is 717. The van der Waals surface area contributed by atoms with Crippen LogP contribution >= 0.6 is 0 Å². The molecule has 6 nitrogen and oxygen atoms in total. The van der Waals surface area contributed by atoms with Gasteiger partial charge >= 0.3 is 5.97 Å². The molecule has 0 heterocycles. The van der Waals surface area contributed by atoms with Gasteiger partial charge in [0.15, 0.2) is 11.5 Å². The Morgan fingerprint density at radius 3 is 2.40 bits per heavy atom. The van der Waals surface area contributed by atoms with Gasteiger partial charge in [-0.1, -0.05) is 18.2 Å². The van der Waals surface area contributed by atoms with Gasteiger partial charge in [0.05, 0.1) is 13.7 Å². The first-order valence-electron chi connectivity index (χ1n) is 8.04. The number of carboxylic acids is 1. The number of benzene rings is 2. The molecule has 2 rings (SSSR count). The van der Waals surface area contributed by atoms with Crippen molar-refractivity contribution >= 4 is 5.97 Å². The second-order valence-electron chi connectivity index (χ2n) is 5.46. The van der Waals surface area contributed by atoms with Crippen molar-refractivity contribution in [1.82, 2.24) is 0 Å². The smallest absolute Gasteiger partial charge is 0.320 e. The molecule has 1 atom stereocenters. The fourth-order valence-corrected chi connectivity index (χ4v) is 2.41. The SMILES string of the molecule is CCOc1ccccc1OCc1cc(CC(N)C(=O)O)ccc1OC. The van der Waals surface area contributed by atoms with E-state index in [1.54, 1.807) is 19.2 Å². The number of methoxy groups -OCH3 is 1. The highest BCUT2D eigenvalue weighted by Crippen LogP contribution is 2.29. The summed E-state index contributed by atoms with van der Waals surface area (Å²) in [5.41, 5.74) is 7.23. The molecule has 25 heavy (non-hydrogen) atoms. The van der Waals surface area contributed by atoms with E-state index in [2.05, 4.69) is 0 Å². The van der Waals surface area contributed by atoms with Crippen molar-refractivity contribution in [3.63, 3.8) is 0 Å². The third kappa shape index (κ3) is 5.12. The van der Waals surface area contributed by atoms with E-state index in [0.29, 0.717) is 23.9 Å². The quantitative estimate of drug-likeness (QED) is 0.726. The van der Waals surface area contributed by atoms with Crippen LogP contribution in [0.4, 0.5) is 0 Å². The van der Waals surface area contributed by atoms with Crippen molar-refractivity contribution in [2.45, 2.75) is 26.0 Å². The lowest BCUT2D eigenvalue weighted by atomic mass is 10.0. The Hall–Kier alpha value is -2.73. The van der Waals surface area contributed by atoms with Gasteiger partial charge in [0.1, 0.15) is 18.4 Å². The molecule has 0 aliphatic carbocycles. The fourth-order valence-electron chi connectivity index (χ4n) is 2.41. The van der Waals surface area contributed by atoms with Crippen molar-refractivity contribution < 1.29 is 24.1 Å². The summed E-state index contributed by atoms with van der Waals surface area (Å²) in [6.07, 6.45) is 0.238. The average Bonchev–Trinajstić information content (AvgIpc) is 2.61. The maximum Gasteiger partial charge on any atom is 0.320 e. The maximum atomic E-state index is 10.9. The summed E-state index contributed by atoms with van der Waals surface area (Å²) in [7, 11) is 1.58. The number of hydrogen-bond acceptors (Lipinski definition) is 5. The second kappa shape index (κ2) is 8.94. The number of aliphatic carboxylic acids is 1. The van der Waals surface area contributed by atoms with E-state index < -0.39 is 12.0 Å². The number of nitrogens with two attached hydrogens (primary N) is 1. The van der Waals surface area contributed by atoms with E-state index >= 15 is 0 Å². The highest BCUT2D eigenvalue weighted by atomic mass is 16.5. The minimum absolute atomic E-state index is 0.238. The lowest BCUT2D eigenvalue weighted by molar-refractivity contribution is -0.138. The van der Waals surface area contributed by atoms with Crippen LogP contribution in [0.5, 0.6) is 17.2 Å². The number of carboxylic acid groups (broad SMARTS) is 1. The first-order chi connectivity index (χ1) is 12.0. The van der Waals surface area contributed by atoms with Crippen molar-refractivity contribution in [3.05, 3.63) is 53.6 Å². The molecule has 134 valence electrons. The molecule has 6 heteroatoms. The second-order valence-corrected chi connectivity index (χ2v) is 5.46. The predicted octanol–water partition coefficient (Wildman–Crippen LogP) is 2.63. The molecular formula is C19H23NO5. The molecule has 1 unspecified atom stereocenters. The summed E-state index contributed by atoms with van der Waals surface area (Å²) >= 11 is 0. The number of para-hydroxylation sites is 2. The summed E-state index contributed by atoms with van der Waals surface area (Å²) in [5.74, 6) is 0.952. The highest BCUT2D eigenvalue weighted by Gasteiger charge is 2.14. The molecule has 0 aliphatic heterocycles. The number of ether oxygens (including phenoxy) is 3. The zero-order valence-electron chi connectivity index (χ0n) is 14.4. The van der Waals surface area contributed by atoms with Crippen LogP contribution < -0.4 is 19.9 Å². The van der Waals surface area contributed by atoms with Gasteiger partial charge in [0.2, 0.25) is 0 Å². The predicted molar refractivity (Wildman–Crippen MR) is 94.3 cm³/mol. The Balaban J connectivity index is 2.16. The average molecular weight is 345 g/mol. The minimum Gasteiger partial charge on any atom is -0.496 e. The summed E-state index contributed by atoms with van der Waals surface area (Å²) in [5, 5.41) is 8.96. The van der Waals surface area contributed by atoms with Crippen LogP contribution in [0.15, 0.2) is 42.5 Å². The van der Waals surface area contributed by atoms with E-state index in [9.17, 15) is 4.79 Å². The normalized spacial score (nSPS) is 11.6. The molecular weight excluding hydrogens is 322 g/mol. The Morgan fingerprint density at radius 1 is 1.12 bits per heavy atom. The van der Waals surface area contributed by atoms with Crippen molar-refractivity contribution in [3.8, 4) is 17.2 Å². The third-order valence-electron chi connectivity index (χ3n) is 3.65. The van der Waals surface area contributed by atoms with Gasteiger partial charge in [-0.2, -0.15) is 0 Å². The van der Waals surface area contributed by atoms with Crippen LogP contribution in [-0.2, 0) is 17.8 Å². The Morgan fingerprint density at radius 2 is 1.80 bits per heavy atom. The summed E-state index contributed by atoms with van der Waals surface area (Å²) < 4.78 is 16.8. The van der Waals surface area contributed by atoms with Crippen molar-refractivity contribution in [1.29, 1.82) is 0 Å². The molecule has 0 aliphatic rings. The first kappa shape index (κ1) is 18.6. The van der Waals surface area contributed by atoms with E-state index in [1.807, 2.05) is 37.3 Å². The molecule has 2 aromatic carbocycles. The summed E-state index contributed by atoms with van der Waals surface area (Å²) in [6, 6.07) is 11.9. The van der Waals surface area contributed by atoms with Gasteiger partial charge in [0.25, 0.3) is 0 Å². The Kier molecular flexibility index (Phi) is 6.65. The lowest BCUT2D eigenvalue weighted by Gasteiger charge is -2.15. The highest BCUT2D eigenvalue weighted by molar-refractivity contribution is 5.73. The third-order valence-corrected chi connectivity index (χ3v) is 3.65. The molecule has 0 saturated carbocycles. The van der Waals surface area contributed by atoms with Gasteiger partial charge in [-0.25, -0.2) is 0 Å². The van der Waals surface area contributed by atoms with Crippen LogP contribution in [0.3, 0.4) is 0 Å². The monoisotopic (exact) mass is 345 g/mol. The molecule has 0 spiro atoms. The first-order valence-corrected chi connectivity index (χ1v) is 8.04. The van der Waals surface area contributed by atoms with Crippen LogP contribution in [-0.4, -0.2) is 30.8 Å². The molecule has 0 saturated heterocycles. The lowest BCUT2D eigenvalue weighted by Crippen LogP contribution is -2.32. The molecule has 3 N–H and O–H groups in total. The summed E-state index contributed by atoms with van der Waals surface area (Å²) in [4.78, 5) is 10.9. The van der Waals surface area contributed by atoms with Crippen LogP contribution in [0, 0.1) is 0 Å². The standard InChI is InChI=1S/C19H23NO5/c1-3-24-17-6-4-5-7-18(17)25-12-14-10-13(8-9-16(14)23-2)11-15(20)19(21)22/h4-10,15H,3,11-12,20H2,1-2H3,(H,21,22). The molecule has 0 aromatic heterocycles. The largest absolute Gasteiger partial charge is 0.496 e. The zero-order chi connectivity index (χ0) is 18.2. The van der Waals surface area contributed by atoms with Gasteiger partial charge in [-0.05, 0) is 43.2 Å². The van der Waals surface area contributed by atoms with E-state index in [4.69, 9.17) is 25.1 Å². The van der Waals surface area contributed by atoms with E-state index in [1.165, 1.54) is 0 Å². The van der Waals surface area contributed by atoms with Gasteiger partial charge in [-0.15, -0.1) is 0 Å². The van der Waals surface area contributed by atoms with Crippen molar-refractivity contribution in [2.24, 2.45) is 5.73 Å². The van der Waals surface area contributed by atoms with Gasteiger partial charge in [-0.3, -0.25) is 4.79 Å². The van der Waals surface area contributed by atoms with Crippen LogP contribution in [0.1, 0.15) is 18.1 Å². The van der Waals surface area contributed by atoms with Crippen molar-refractivity contribution in [2.75, 3.05) is 13.7 Å². The van der Waals surface area contributed by atoms with E-state index in [0.717, 1.165) is 11.1 Å². The molecule has 2 aromatic rings. The Labute approximate surface area is 147 Å². The topological polar surface area (TPSA) is 91.0 Å². The number of hydrogen-bond donors (Lipinski definition) is 2. The van der Waals surface area contributed by atoms with Gasteiger partial charge in [0, 0.05) is 5.56 Å². The number of rotatable bonds is 9. The summed E-state index contributed by atoms with van der Waals surface area (Å²) in [6.45, 7) is 2.73. The molecule has 0 amide bonds. The molecule has 0 bridgehead atoms. The fraction of sp³-hybridized carbons (Fsp3) is 0.316. The van der Waals surface area contributed by atoms with Crippen LogP contribution in [0.25, 0.3) is 0 Å². The molecule has 0 radical (unpaired) electrons. The van der Waals surface area contributed by atoms with E-state index in [-0.39, 0.29) is 13.0 Å². The zero-order valence-corrected chi connectivity index (χ0v) is 14.4. The minimum atomic E-state index is -1.03. The number of carbonyl (C=O) groups is 1.